The lowest BCUT2D eigenvalue weighted by atomic mass is 9.77. The highest BCUT2D eigenvalue weighted by atomic mass is 16.5. The molecule has 1 aromatic carbocycles. The van der Waals surface area contributed by atoms with Crippen LogP contribution < -0.4 is 0 Å². The minimum atomic E-state index is -0.215. The Balaban J connectivity index is 1.67. The Labute approximate surface area is 133 Å². The standard InChI is InChI=1S/C19H26O3/c1-19(15-20)11-10-18(21)17(13-19)9-5-6-12-22-14-16-7-3-2-4-8-16/h2-4,7-8,13,20H,5-6,9-12,14-15H2,1H3. The third kappa shape index (κ3) is 5.08. The molecular formula is C19H26O3. The minimum absolute atomic E-state index is 0.115. The van der Waals surface area contributed by atoms with Crippen molar-refractivity contribution in [1.82, 2.24) is 0 Å². The van der Waals surface area contributed by atoms with Gasteiger partial charge in [0.15, 0.2) is 5.78 Å². The maximum absolute atomic E-state index is 11.9. The van der Waals surface area contributed by atoms with Gasteiger partial charge in [0, 0.05) is 18.4 Å². The molecule has 0 aromatic heterocycles. The molecule has 0 fully saturated rings. The molecule has 3 heteroatoms. The molecule has 1 N–H and O–H groups in total. The largest absolute Gasteiger partial charge is 0.395 e. The first-order valence-electron chi connectivity index (χ1n) is 8.10. The lowest BCUT2D eigenvalue weighted by Crippen LogP contribution is -2.26. The number of hydrogen-bond acceptors (Lipinski definition) is 3. The molecule has 0 bridgehead atoms. The lowest BCUT2D eigenvalue weighted by Gasteiger charge is -2.28. The molecule has 0 saturated heterocycles. The predicted octanol–water partition coefficient (Wildman–Crippen LogP) is 3.66. The number of rotatable bonds is 8. The summed E-state index contributed by atoms with van der Waals surface area (Å²) in [6.07, 6.45) is 6.01. The molecule has 0 saturated carbocycles. The van der Waals surface area contributed by atoms with E-state index in [1.165, 1.54) is 5.56 Å². The van der Waals surface area contributed by atoms with Gasteiger partial charge in [-0.3, -0.25) is 4.79 Å². The number of Topliss-reactive ketones (excluding diaryl/α,β-unsaturated/α-hetero) is 1. The average molecular weight is 302 g/mol. The Morgan fingerprint density at radius 2 is 2.00 bits per heavy atom. The van der Waals surface area contributed by atoms with Crippen molar-refractivity contribution >= 4 is 5.78 Å². The van der Waals surface area contributed by atoms with Crippen LogP contribution in [0.25, 0.3) is 0 Å². The van der Waals surface area contributed by atoms with Gasteiger partial charge in [0.2, 0.25) is 0 Å². The number of allylic oxidation sites excluding steroid dienone is 1. The monoisotopic (exact) mass is 302 g/mol. The van der Waals surface area contributed by atoms with Gasteiger partial charge in [0.05, 0.1) is 13.2 Å². The molecule has 3 nitrogen and oxygen atoms in total. The molecule has 0 radical (unpaired) electrons. The summed E-state index contributed by atoms with van der Waals surface area (Å²) in [5, 5.41) is 9.43. The van der Waals surface area contributed by atoms with Gasteiger partial charge in [-0.1, -0.05) is 43.3 Å². The van der Waals surface area contributed by atoms with Crippen molar-refractivity contribution in [3.05, 3.63) is 47.5 Å². The second kappa shape index (κ2) is 8.25. The second-order valence-corrected chi connectivity index (χ2v) is 6.40. The molecule has 120 valence electrons. The van der Waals surface area contributed by atoms with Crippen molar-refractivity contribution in [2.45, 2.75) is 45.6 Å². The average Bonchev–Trinajstić information content (AvgIpc) is 2.55. The van der Waals surface area contributed by atoms with Crippen LogP contribution in [0.1, 0.15) is 44.6 Å². The van der Waals surface area contributed by atoms with Crippen LogP contribution >= 0.6 is 0 Å². The number of benzene rings is 1. The van der Waals surface area contributed by atoms with Gasteiger partial charge in [-0.25, -0.2) is 0 Å². The summed E-state index contributed by atoms with van der Waals surface area (Å²) in [5.74, 6) is 0.246. The molecular weight excluding hydrogens is 276 g/mol. The fourth-order valence-corrected chi connectivity index (χ4v) is 2.75. The van der Waals surface area contributed by atoms with E-state index < -0.39 is 0 Å². The van der Waals surface area contributed by atoms with Gasteiger partial charge >= 0.3 is 0 Å². The molecule has 1 aliphatic carbocycles. The summed E-state index contributed by atoms with van der Waals surface area (Å²) in [7, 11) is 0. The van der Waals surface area contributed by atoms with E-state index in [2.05, 4.69) is 12.1 Å². The molecule has 0 amide bonds. The van der Waals surface area contributed by atoms with Gasteiger partial charge < -0.3 is 9.84 Å². The van der Waals surface area contributed by atoms with Crippen molar-refractivity contribution in [3.63, 3.8) is 0 Å². The fourth-order valence-electron chi connectivity index (χ4n) is 2.75. The number of unbranched alkanes of at least 4 members (excludes halogenated alkanes) is 1. The molecule has 1 unspecified atom stereocenters. The zero-order chi connectivity index (χ0) is 15.8. The van der Waals surface area contributed by atoms with Gasteiger partial charge in [-0.15, -0.1) is 0 Å². The van der Waals surface area contributed by atoms with Crippen molar-refractivity contribution < 1.29 is 14.6 Å². The molecule has 2 rings (SSSR count). The van der Waals surface area contributed by atoms with Crippen LogP contribution in [-0.4, -0.2) is 24.1 Å². The predicted molar refractivity (Wildman–Crippen MR) is 87.5 cm³/mol. The molecule has 1 atom stereocenters. The number of carbonyl (C=O) groups excluding carboxylic acids is 1. The first-order chi connectivity index (χ1) is 10.6. The molecule has 1 aromatic rings. The Bertz CT molecular complexity index is 507. The highest BCUT2D eigenvalue weighted by Crippen LogP contribution is 2.33. The van der Waals surface area contributed by atoms with Crippen molar-refractivity contribution in [3.8, 4) is 0 Å². The summed E-state index contributed by atoms with van der Waals surface area (Å²) < 4.78 is 5.65. The van der Waals surface area contributed by atoms with E-state index in [9.17, 15) is 9.90 Å². The smallest absolute Gasteiger partial charge is 0.158 e. The number of ether oxygens (including phenoxy) is 1. The van der Waals surface area contributed by atoms with E-state index in [1.54, 1.807) is 0 Å². The topological polar surface area (TPSA) is 46.5 Å². The third-order valence-corrected chi connectivity index (χ3v) is 4.26. The van der Waals surface area contributed by atoms with Crippen LogP contribution in [0.5, 0.6) is 0 Å². The van der Waals surface area contributed by atoms with E-state index in [0.717, 1.165) is 31.3 Å². The van der Waals surface area contributed by atoms with Gasteiger partial charge in [0.25, 0.3) is 0 Å². The Kier molecular flexibility index (Phi) is 6.34. The first kappa shape index (κ1) is 16.9. The zero-order valence-electron chi connectivity index (χ0n) is 13.4. The number of carbonyl (C=O) groups is 1. The van der Waals surface area contributed by atoms with Gasteiger partial charge in [-0.2, -0.15) is 0 Å². The van der Waals surface area contributed by atoms with E-state index >= 15 is 0 Å². The van der Waals surface area contributed by atoms with E-state index in [1.807, 2.05) is 31.2 Å². The van der Waals surface area contributed by atoms with Crippen LogP contribution in [0.4, 0.5) is 0 Å². The van der Waals surface area contributed by atoms with Crippen molar-refractivity contribution in [1.29, 1.82) is 0 Å². The molecule has 0 heterocycles. The minimum Gasteiger partial charge on any atom is -0.395 e. The van der Waals surface area contributed by atoms with E-state index in [4.69, 9.17) is 4.74 Å². The summed E-state index contributed by atoms with van der Waals surface area (Å²) in [4.78, 5) is 11.9. The van der Waals surface area contributed by atoms with Crippen LogP contribution in [0.15, 0.2) is 42.0 Å². The quantitative estimate of drug-likeness (QED) is 0.745. The van der Waals surface area contributed by atoms with Crippen LogP contribution in [0.3, 0.4) is 0 Å². The molecule has 1 aliphatic rings. The zero-order valence-corrected chi connectivity index (χ0v) is 13.4. The van der Waals surface area contributed by atoms with Crippen molar-refractivity contribution in [2.24, 2.45) is 5.41 Å². The van der Waals surface area contributed by atoms with Crippen LogP contribution in [0.2, 0.25) is 0 Å². The highest BCUT2D eigenvalue weighted by Gasteiger charge is 2.28. The summed E-state index contributed by atoms with van der Waals surface area (Å²) in [6.45, 7) is 3.49. The summed E-state index contributed by atoms with van der Waals surface area (Å²) >= 11 is 0. The number of ketones is 1. The Morgan fingerprint density at radius 1 is 1.23 bits per heavy atom. The highest BCUT2D eigenvalue weighted by molar-refractivity contribution is 5.96. The Hall–Kier alpha value is -1.45. The lowest BCUT2D eigenvalue weighted by molar-refractivity contribution is -0.117. The number of hydrogen-bond donors (Lipinski definition) is 1. The maximum atomic E-state index is 11.9. The van der Waals surface area contributed by atoms with E-state index in [-0.39, 0.29) is 17.8 Å². The van der Waals surface area contributed by atoms with Crippen LogP contribution in [0, 0.1) is 5.41 Å². The fraction of sp³-hybridized carbons (Fsp3) is 0.526. The third-order valence-electron chi connectivity index (χ3n) is 4.26. The number of aliphatic hydroxyl groups is 1. The van der Waals surface area contributed by atoms with Gasteiger partial charge in [0.1, 0.15) is 0 Å². The van der Waals surface area contributed by atoms with Crippen LogP contribution in [-0.2, 0) is 16.1 Å². The second-order valence-electron chi connectivity index (χ2n) is 6.40. The molecule has 0 spiro atoms. The molecule has 0 aliphatic heterocycles. The molecule has 22 heavy (non-hydrogen) atoms. The van der Waals surface area contributed by atoms with Gasteiger partial charge in [-0.05, 0) is 36.8 Å². The first-order valence-corrected chi connectivity index (χ1v) is 8.10. The summed E-state index contributed by atoms with van der Waals surface area (Å²) in [6, 6.07) is 10.1. The normalized spacial score (nSPS) is 21.7. The van der Waals surface area contributed by atoms with Crippen molar-refractivity contribution in [2.75, 3.05) is 13.2 Å². The Morgan fingerprint density at radius 3 is 2.73 bits per heavy atom. The SMILES string of the molecule is CC1(CO)C=C(CCCCOCc2ccccc2)C(=O)CC1. The summed E-state index contributed by atoms with van der Waals surface area (Å²) in [5.41, 5.74) is 1.87. The number of aliphatic hydroxyl groups excluding tert-OH is 1. The maximum Gasteiger partial charge on any atom is 0.158 e. The van der Waals surface area contributed by atoms with E-state index in [0.29, 0.717) is 19.6 Å².